The number of hydrogen-bond acceptors (Lipinski definition) is 4. The molecule has 2 aliphatic heterocycles. The third-order valence-electron chi connectivity index (χ3n) is 5.23. The SMILES string of the molecule is O=C(Cc1cnc(N2CCCCCC2)s1)N1CCc2ccccc2C1. The van der Waals surface area contributed by atoms with Crippen molar-refractivity contribution in [2.75, 3.05) is 24.5 Å². The fraction of sp³-hybridized carbons (Fsp3) is 0.500. The normalized spacial score (nSPS) is 17.9. The van der Waals surface area contributed by atoms with Crippen LogP contribution in [-0.4, -0.2) is 35.4 Å². The number of rotatable bonds is 3. The third kappa shape index (κ3) is 3.87. The number of benzene rings is 1. The number of carbonyl (C=O) groups excluding carboxylic acids is 1. The molecule has 0 radical (unpaired) electrons. The Balaban J connectivity index is 1.38. The summed E-state index contributed by atoms with van der Waals surface area (Å²) < 4.78 is 0. The summed E-state index contributed by atoms with van der Waals surface area (Å²) in [6.07, 6.45) is 8.49. The largest absolute Gasteiger partial charge is 0.348 e. The average Bonchev–Trinajstić information content (AvgIpc) is 2.93. The lowest BCUT2D eigenvalue weighted by Gasteiger charge is -2.28. The maximum Gasteiger partial charge on any atom is 0.228 e. The zero-order chi connectivity index (χ0) is 17.1. The van der Waals surface area contributed by atoms with Crippen LogP contribution in [0.4, 0.5) is 5.13 Å². The number of hydrogen-bond donors (Lipinski definition) is 0. The standard InChI is InChI=1S/C20H25N3OS/c24-19(23-12-9-16-7-3-4-8-17(16)15-23)13-18-14-21-20(25-18)22-10-5-1-2-6-11-22/h3-4,7-8,14H,1-2,5-6,9-13,15H2. The Bertz CT molecular complexity index is 734. The van der Waals surface area contributed by atoms with Gasteiger partial charge in [0.1, 0.15) is 0 Å². The Morgan fingerprint density at radius 1 is 1.04 bits per heavy atom. The van der Waals surface area contributed by atoms with Crippen LogP contribution < -0.4 is 4.90 Å². The molecule has 0 aliphatic carbocycles. The van der Waals surface area contributed by atoms with Gasteiger partial charge in [0.2, 0.25) is 5.91 Å². The smallest absolute Gasteiger partial charge is 0.228 e. The van der Waals surface area contributed by atoms with Crippen LogP contribution in [0.2, 0.25) is 0 Å². The molecule has 0 atom stereocenters. The second-order valence-corrected chi connectivity index (χ2v) is 8.11. The minimum Gasteiger partial charge on any atom is -0.348 e. The summed E-state index contributed by atoms with van der Waals surface area (Å²) >= 11 is 1.69. The van der Waals surface area contributed by atoms with Gasteiger partial charge in [0, 0.05) is 37.3 Å². The maximum absolute atomic E-state index is 12.7. The Morgan fingerprint density at radius 2 is 1.80 bits per heavy atom. The molecule has 1 fully saturated rings. The van der Waals surface area contributed by atoms with E-state index in [0.717, 1.165) is 42.6 Å². The number of thiazole rings is 1. The van der Waals surface area contributed by atoms with Gasteiger partial charge in [0.25, 0.3) is 0 Å². The van der Waals surface area contributed by atoms with Gasteiger partial charge in [-0.3, -0.25) is 4.79 Å². The van der Waals surface area contributed by atoms with Crippen molar-refractivity contribution < 1.29 is 4.79 Å². The van der Waals surface area contributed by atoms with Crippen LogP contribution in [-0.2, 0) is 24.2 Å². The van der Waals surface area contributed by atoms with Crippen molar-refractivity contribution in [3.05, 3.63) is 46.5 Å². The van der Waals surface area contributed by atoms with Gasteiger partial charge < -0.3 is 9.80 Å². The third-order valence-corrected chi connectivity index (χ3v) is 6.28. The van der Waals surface area contributed by atoms with Gasteiger partial charge in [0.15, 0.2) is 5.13 Å². The van der Waals surface area contributed by atoms with Gasteiger partial charge in [-0.1, -0.05) is 37.1 Å². The molecule has 5 heteroatoms. The van der Waals surface area contributed by atoms with Crippen molar-refractivity contribution in [1.29, 1.82) is 0 Å². The Kier molecular flexibility index (Phi) is 5.02. The van der Waals surface area contributed by atoms with E-state index in [9.17, 15) is 4.79 Å². The lowest BCUT2D eigenvalue weighted by atomic mass is 10.00. The van der Waals surface area contributed by atoms with Crippen LogP contribution in [0, 0.1) is 0 Å². The lowest BCUT2D eigenvalue weighted by Crippen LogP contribution is -2.36. The van der Waals surface area contributed by atoms with Crippen molar-refractivity contribution in [1.82, 2.24) is 9.88 Å². The quantitative estimate of drug-likeness (QED) is 0.843. The average molecular weight is 356 g/mol. The molecule has 4 rings (SSSR count). The van der Waals surface area contributed by atoms with E-state index < -0.39 is 0 Å². The summed E-state index contributed by atoms with van der Waals surface area (Å²) in [5.74, 6) is 0.223. The molecular weight excluding hydrogens is 330 g/mol. The first-order valence-corrected chi connectivity index (χ1v) is 10.2. The summed E-state index contributed by atoms with van der Waals surface area (Å²) in [4.78, 5) is 22.8. The highest BCUT2D eigenvalue weighted by Crippen LogP contribution is 2.26. The van der Waals surface area contributed by atoms with Crippen LogP contribution in [0.3, 0.4) is 0 Å². The van der Waals surface area contributed by atoms with E-state index in [0.29, 0.717) is 6.42 Å². The fourth-order valence-electron chi connectivity index (χ4n) is 3.76. The van der Waals surface area contributed by atoms with E-state index in [-0.39, 0.29) is 5.91 Å². The number of fused-ring (bicyclic) bond motifs is 1. The first kappa shape index (κ1) is 16.6. The molecule has 132 valence electrons. The molecule has 25 heavy (non-hydrogen) atoms. The zero-order valence-corrected chi connectivity index (χ0v) is 15.4. The van der Waals surface area contributed by atoms with Gasteiger partial charge in [0.05, 0.1) is 6.42 Å². The van der Waals surface area contributed by atoms with Crippen LogP contribution in [0.1, 0.15) is 41.7 Å². The highest BCUT2D eigenvalue weighted by molar-refractivity contribution is 7.15. The minimum absolute atomic E-state index is 0.223. The first-order chi connectivity index (χ1) is 12.3. The number of nitrogens with zero attached hydrogens (tertiary/aromatic N) is 3. The number of aromatic nitrogens is 1. The van der Waals surface area contributed by atoms with Crippen LogP contribution in [0.15, 0.2) is 30.5 Å². The molecule has 2 aliphatic rings. The molecule has 1 aromatic carbocycles. The minimum atomic E-state index is 0.223. The zero-order valence-electron chi connectivity index (χ0n) is 14.6. The van der Waals surface area contributed by atoms with E-state index in [2.05, 4.69) is 34.1 Å². The molecule has 3 heterocycles. The van der Waals surface area contributed by atoms with Gasteiger partial charge in [-0.15, -0.1) is 11.3 Å². The van der Waals surface area contributed by atoms with Crippen LogP contribution in [0.25, 0.3) is 0 Å². The van der Waals surface area contributed by atoms with E-state index in [1.807, 2.05) is 11.1 Å². The molecular formula is C20H25N3OS. The Morgan fingerprint density at radius 3 is 2.60 bits per heavy atom. The summed E-state index contributed by atoms with van der Waals surface area (Å²) in [5, 5.41) is 1.09. The molecule has 0 bridgehead atoms. The molecule has 0 saturated carbocycles. The Labute approximate surface area is 153 Å². The molecule has 2 aromatic rings. The summed E-state index contributed by atoms with van der Waals surface area (Å²) in [7, 11) is 0. The number of carbonyl (C=O) groups is 1. The summed E-state index contributed by atoms with van der Waals surface area (Å²) in [6, 6.07) is 8.45. The first-order valence-electron chi connectivity index (χ1n) is 9.34. The highest BCUT2D eigenvalue weighted by atomic mass is 32.1. The lowest BCUT2D eigenvalue weighted by molar-refractivity contribution is -0.131. The van der Waals surface area contributed by atoms with E-state index in [4.69, 9.17) is 0 Å². The predicted octanol–water partition coefficient (Wildman–Crippen LogP) is 3.65. The molecule has 1 aromatic heterocycles. The van der Waals surface area contributed by atoms with Crippen molar-refractivity contribution in [2.45, 2.75) is 45.1 Å². The van der Waals surface area contributed by atoms with Gasteiger partial charge in [-0.05, 0) is 30.4 Å². The van der Waals surface area contributed by atoms with E-state index in [1.165, 1.54) is 36.8 Å². The van der Waals surface area contributed by atoms with Crippen molar-refractivity contribution in [3.63, 3.8) is 0 Å². The van der Waals surface area contributed by atoms with E-state index in [1.54, 1.807) is 11.3 Å². The maximum atomic E-state index is 12.7. The predicted molar refractivity (Wildman–Crippen MR) is 102 cm³/mol. The molecule has 0 N–H and O–H groups in total. The van der Waals surface area contributed by atoms with Gasteiger partial charge >= 0.3 is 0 Å². The van der Waals surface area contributed by atoms with Crippen LogP contribution in [0.5, 0.6) is 0 Å². The highest BCUT2D eigenvalue weighted by Gasteiger charge is 2.21. The Hall–Kier alpha value is -1.88. The monoisotopic (exact) mass is 355 g/mol. The molecule has 1 saturated heterocycles. The molecule has 0 spiro atoms. The van der Waals surface area contributed by atoms with Gasteiger partial charge in [-0.2, -0.15) is 0 Å². The molecule has 4 nitrogen and oxygen atoms in total. The van der Waals surface area contributed by atoms with Gasteiger partial charge in [-0.25, -0.2) is 4.98 Å². The second kappa shape index (κ2) is 7.56. The van der Waals surface area contributed by atoms with Crippen LogP contribution >= 0.6 is 11.3 Å². The van der Waals surface area contributed by atoms with E-state index >= 15 is 0 Å². The van der Waals surface area contributed by atoms with Crippen molar-refractivity contribution in [3.8, 4) is 0 Å². The fourth-order valence-corrected chi connectivity index (χ4v) is 4.71. The molecule has 0 unspecified atom stereocenters. The summed E-state index contributed by atoms with van der Waals surface area (Å²) in [5.41, 5.74) is 2.67. The second-order valence-electron chi connectivity index (χ2n) is 7.02. The summed E-state index contributed by atoms with van der Waals surface area (Å²) in [6.45, 7) is 3.77. The number of anilines is 1. The topological polar surface area (TPSA) is 36.4 Å². The number of amides is 1. The molecule has 1 amide bonds. The van der Waals surface area contributed by atoms with Crippen molar-refractivity contribution >= 4 is 22.4 Å². The van der Waals surface area contributed by atoms with Crippen molar-refractivity contribution in [2.24, 2.45) is 0 Å².